The molecule has 0 bridgehead atoms. The molecule has 4 heterocycles. The molecule has 2 aliphatic rings. The number of amides is 1. The van der Waals surface area contributed by atoms with E-state index in [0.29, 0.717) is 19.1 Å². The van der Waals surface area contributed by atoms with Gasteiger partial charge < -0.3 is 10.5 Å². The zero-order chi connectivity index (χ0) is 20.8. The summed E-state index contributed by atoms with van der Waals surface area (Å²) in [6.45, 7) is 6.73. The third-order valence-corrected chi connectivity index (χ3v) is 5.71. The first-order chi connectivity index (χ1) is 14.5. The molecule has 1 saturated heterocycles. The molecule has 156 valence electrons. The van der Waals surface area contributed by atoms with Crippen molar-refractivity contribution >= 4 is 5.91 Å². The number of nitrogens with two attached hydrogens (primary N) is 1. The largest absolute Gasteiger partial charge is 0.491 e. The van der Waals surface area contributed by atoms with Crippen LogP contribution in [-0.2, 0) is 11.2 Å². The Kier molecular flexibility index (Phi) is 4.54. The zero-order valence-corrected chi connectivity index (χ0v) is 17.2. The molecule has 0 aliphatic carbocycles. The van der Waals surface area contributed by atoms with Gasteiger partial charge in [0.25, 0.3) is 0 Å². The van der Waals surface area contributed by atoms with E-state index in [9.17, 15) is 4.79 Å². The average molecular weight is 407 g/mol. The summed E-state index contributed by atoms with van der Waals surface area (Å²) in [6, 6.07) is 8.56. The molecule has 1 fully saturated rings. The van der Waals surface area contributed by atoms with E-state index in [1.165, 1.54) is 5.56 Å². The number of primary amides is 1. The highest BCUT2D eigenvalue weighted by Gasteiger charge is 2.30. The number of carbonyl (C=O) groups excluding carboxylic acids is 1. The Balaban J connectivity index is 1.48. The van der Waals surface area contributed by atoms with Gasteiger partial charge in [0.05, 0.1) is 13.2 Å². The number of hydrogen-bond acceptors (Lipinski definition) is 6. The van der Waals surface area contributed by atoms with Gasteiger partial charge in [0.1, 0.15) is 23.5 Å². The molecular formula is C21H25N7O2. The highest BCUT2D eigenvalue weighted by Crippen LogP contribution is 2.35. The second-order valence-electron chi connectivity index (χ2n) is 8.24. The molecule has 3 aromatic rings. The minimum atomic E-state index is -0.285. The van der Waals surface area contributed by atoms with Gasteiger partial charge in [0.2, 0.25) is 5.91 Å². The van der Waals surface area contributed by atoms with Crippen LogP contribution in [0.3, 0.4) is 0 Å². The summed E-state index contributed by atoms with van der Waals surface area (Å²) in [5, 5.41) is 9.22. The van der Waals surface area contributed by atoms with Crippen LogP contribution in [0.25, 0.3) is 17.2 Å². The summed E-state index contributed by atoms with van der Waals surface area (Å²) < 4.78 is 9.84. The fourth-order valence-electron chi connectivity index (χ4n) is 4.20. The quantitative estimate of drug-likeness (QED) is 0.688. The van der Waals surface area contributed by atoms with Crippen LogP contribution in [0.2, 0.25) is 0 Å². The lowest BCUT2D eigenvalue weighted by molar-refractivity contribution is -0.120. The summed E-state index contributed by atoms with van der Waals surface area (Å²) >= 11 is 0. The molecule has 0 spiro atoms. The van der Waals surface area contributed by atoms with Crippen molar-refractivity contribution in [2.24, 2.45) is 5.73 Å². The first kappa shape index (κ1) is 18.8. The molecule has 2 N–H and O–H groups in total. The highest BCUT2D eigenvalue weighted by molar-refractivity contribution is 5.76. The molecule has 0 saturated carbocycles. The molecule has 30 heavy (non-hydrogen) atoms. The van der Waals surface area contributed by atoms with Crippen LogP contribution < -0.4 is 10.5 Å². The number of benzene rings is 1. The fourth-order valence-corrected chi connectivity index (χ4v) is 4.20. The Bertz CT molecular complexity index is 1090. The van der Waals surface area contributed by atoms with Crippen LogP contribution in [0.1, 0.15) is 37.1 Å². The normalized spacial score (nSPS) is 16.5. The molecule has 1 amide bonds. The van der Waals surface area contributed by atoms with Crippen molar-refractivity contribution in [2.75, 3.05) is 26.2 Å². The topological polar surface area (TPSA) is 104 Å². The number of likely N-dealkylation sites (tertiary alicyclic amines) is 1. The maximum absolute atomic E-state index is 11.1. The van der Waals surface area contributed by atoms with Crippen LogP contribution in [-0.4, -0.2) is 61.6 Å². The number of fused-ring (bicyclic) bond motifs is 3. The Morgan fingerprint density at radius 3 is 2.90 bits per heavy atom. The molecular weight excluding hydrogens is 382 g/mol. The summed E-state index contributed by atoms with van der Waals surface area (Å²) in [5.74, 6) is 1.68. The van der Waals surface area contributed by atoms with Gasteiger partial charge in [-0.2, -0.15) is 10.2 Å². The van der Waals surface area contributed by atoms with Crippen molar-refractivity contribution in [3.05, 3.63) is 41.9 Å². The molecule has 1 aromatic carbocycles. The third kappa shape index (κ3) is 3.24. The highest BCUT2D eigenvalue weighted by atomic mass is 16.5. The Hall–Kier alpha value is -3.20. The second kappa shape index (κ2) is 7.24. The maximum atomic E-state index is 11.1. The Morgan fingerprint density at radius 1 is 1.30 bits per heavy atom. The van der Waals surface area contributed by atoms with E-state index >= 15 is 0 Å². The molecule has 0 radical (unpaired) electrons. The van der Waals surface area contributed by atoms with Gasteiger partial charge in [0.15, 0.2) is 5.82 Å². The summed E-state index contributed by atoms with van der Waals surface area (Å²) in [5.41, 5.74) is 9.35. The van der Waals surface area contributed by atoms with Crippen LogP contribution in [0.4, 0.5) is 0 Å². The lowest BCUT2D eigenvalue weighted by Crippen LogP contribution is -2.48. The second-order valence-corrected chi connectivity index (χ2v) is 8.24. The SMILES string of the molecule is CC(C)n1ncnc1-c1cc2n(n1)-c1cc(C3CN(CC(N)=O)C3)ccc1OCC2. The van der Waals surface area contributed by atoms with Crippen LogP contribution in [0.15, 0.2) is 30.6 Å². The van der Waals surface area contributed by atoms with Gasteiger partial charge in [-0.05, 0) is 37.6 Å². The van der Waals surface area contributed by atoms with Gasteiger partial charge >= 0.3 is 0 Å². The molecule has 2 aliphatic heterocycles. The predicted molar refractivity (Wildman–Crippen MR) is 111 cm³/mol. The number of hydrogen-bond donors (Lipinski definition) is 1. The van der Waals surface area contributed by atoms with E-state index in [-0.39, 0.29) is 11.9 Å². The zero-order valence-electron chi connectivity index (χ0n) is 17.2. The minimum absolute atomic E-state index is 0.202. The number of rotatable bonds is 5. The predicted octanol–water partition coefficient (Wildman–Crippen LogP) is 1.53. The minimum Gasteiger partial charge on any atom is -0.491 e. The first-order valence-corrected chi connectivity index (χ1v) is 10.3. The van der Waals surface area contributed by atoms with E-state index in [0.717, 1.165) is 48.2 Å². The summed E-state index contributed by atoms with van der Waals surface area (Å²) in [6.07, 6.45) is 2.34. The van der Waals surface area contributed by atoms with E-state index in [1.54, 1.807) is 6.33 Å². The van der Waals surface area contributed by atoms with Crippen LogP contribution in [0, 0.1) is 0 Å². The van der Waals surface area contributed by atoms with Crippen molar-refractivity contribution in [1.82, 2.24) is 29.4 Å². The molecule has 0 unspecified atom stereocenters. The number of nitrogens with zero attached hydrogens (tertiary/aromatic N) is 6. The number of aromatic nitrogens is 5. The lowest BCUT2D eigenvalue weighted by atomic mass is 9.91. The van der Waals surface area contributed by atoms with Gasteiger partial charge in [-0.25, -0.2) is 14.3 Å². The van der Waals surface area contributed by atoms with E-state index in [4.69, 9.17) is 15.6 Å². The van der Waals surface area contributed by atoms with Gasteiger partial charge in [-0.1, -0.05) is 6.07 Å². The van der Waals surface area contributed by atoms with E-state index < -0.39 is 0 Å². The van der Waals surface area contributed by atoms with Gasteiger partial charge in [-0.3, -0.25) is 9.69 Å². The molecule has 5 rings (SSSR count). The lowest BCUT2D eigenvalue weighted by Gasteiger charge is -2.38. The van der Waals surface area contributed by atoms with E-state index in [2.05, 4.69) is 47.0 Å². The van der Waals surface area contributed by atoms with Crippen molar-refractivity contribution in [3.8, 4) is 23.0 Å². The fraction of sp³-hybridized carbons (Fsp3) is 0.429. The smallest absolute Gasteiger partial charge is 0.231 e. The third-order valence-electron chi connectivity index (χ3n) is 5.71. The Morgan fingerprint density at radius 2 is 2.13 bits per heavy atom. The maximum Gasteiger partial charge on any atom is 0.231 e. The molecule has 9 heteroatoms. The van der Waals surface area contributed by atoms with Crippen molar-refractivity contribution in [1.29, 1.82) is 0 Å². The summed E-state index contributed by atoms with van der Waals surface area (Å²) in [4.78, 5) is 17.6. The van der Waals surface area contributed by atoms with Crippen molar-refractivity contribution in [2.45, 2.75) is 32.2 Å². The average Bonchev–Trinajstić information content (AvgIpc) is 3.28. The van der Waals surface area contributed by atoms with Crippen LogP contribution >= 0.6 is 0 Å². The monoisotopic (exact) mass is 407 g/mol. The van der Waals surface area contributed by atoms with Crippen LogP contribution in [0.5, 0.6) is 5.75 Å². The van der Waals surface area contributed by atoms with Gasteiger partial charge in [-0.15, -0.1) is 0 Å². The Labute approximate surface area is 174 Å². The van der Waals surface area contributed by atoms with Gasteiger partial charge in [0, 0.05) is 37.2 Å². The number of carbonyl (C=O) groups is 1. The van der Waals surface area contributed by atoms with Crippen molar-refractivity contribution < 1.29 is 9.53 Å². The number of ether oxygens (including phenoxy) is 1. The molecule has 2 aromatic heterocycles. The first-order valence-electron chi connectivity index (χ1n) is 10.3. The molecule has 9 nitrogen and oxygen atoms in total. The molecule has 0 atom stereocenters. The van der Waals surface area contributed by atoms with E-state index in [1.807, 2.05) is 15.4 Å². The standard InChI is InChI=1S/C21H25N7O2/c1-13(2)27-21(23-12-24-27)17-8-16-5-6-30-19-4-3-14(7-18(19)28(16)25-17)15-9-26(10-15)11-20(22)29/h3-4,7-8,12-13,15H,5-6,9-11H2,1-2H3,(H2,22,29). The van der Waals surface area contributed by atoms with Crippen molar-refractivity contribution in [3.63, 3.8) is 0 Å². The summed E-state index contributed by atoms with van der Waals surface area (Å²) in [7, 11) is 0.